The first-order valence-corrected chi connectivity index (χ1v) is 7.99. The number of carbonyl (C=O) groups is 1. The fraction of sp³-hybridized carbons (Fsp3) is 0.0952. The number of carbonyl (C=O) groups excluding carboxylic acids is 1. The third-order valence-corrected chi connectivity index (χ3v) is 3.74. The van der Waals surface area contributed by atoms with E-state index >= 15 is 0 Å². The maximum atomic E-state index is 11.9. The number of phenols is 1. The van der Waals surface area contributed by atoms with Crippen molar-refractivity contribution in [1.29, 1.82) is 0 Å². The number of aromatic hydroxyl groups is 1. The SMILES string of the molecule is Cc1cc(O)cc(-c2ccc(NC(=O)OCc3ccccc3)cc2)c1. The minimum atomic E-state index is -0.496. The van der Waals surface area contributed by atoms with Crippen LogP contribution in [-0.4, -0.2) is 11.2 Å². The first kappa shape index (κ1) is 16.6. The molecule has 0 heterocycles. The van der Waals surface area contributed by atoms with Gasteiger partial charge in [0.2, 0.25) is 0 Å². The third kappa shape index (κ3) is 4.61. The highest BCUT2D eigenvalue weighted by atomic mass is 16.5. The molecule has 0 aliphatic carbocycles. The van der Waals surface area contributed by atoms with Gasteiger partial charge in [0, 0.05) is 5.69 Å². The summed E-state index contributed by atoms with van der Waals surface area (Å²) in [6.45, 7) is 2.16. The Labute approximate surface area is 146 Å². The lowest BCUT2D eigenvalue weighted by Gasteiger charge is -2.09. The van der Waals surface area contributed by atoms with Crippen LogP contribution >= 0.6 is 0 Å². The van der Waals surface area contributed by atoms with Crippen LogP contribution in [0.4, 0.5) is 10.5 Å². The minimum absolute atomic E-state index is 0.229. The fourth-order valence-electron chi connectivity index (χ4n) is 2.55. The van der Waals surface area contributed by atoms with Gasteiger partial charge in [-0.2, -0.15) is 0 Å². The Hall–Kier alpha value is -3.27. The van der Waals surface area contributed by atoms with Crippen LogP contribution in [-0.2, 0) is 11.3 Å². The van der Waals surface area contributed by atoms with E-state index in [0.29, 0.717) is 5.69 Å². The number of amides is 1. The molecule has 126 valence electrons. The van der Waals surface area contributed by atoms with Crippen LogP contribution in [0, 0.1) is 6.92 Å². The number of hydrogen-bond acceptors (Lipinski definition) is 3. The number of aryl methyl sites for hydroxylation is 1. The standard InChI is InChI=1S/C21H19NO3/c1-15-11-18(13-20(23)12-15)17-7-9-19(10-8-17)22-21(24)25-14-16-5-3-2-4-6-16/h2-13,23H,14H2,1H3,(H,22,24). The Morgan fingerprint density at radius 3 is 2.36 bits per heavy atom. The second kappa shape index (κ2) is 7.53. The van der Waals surface area contributed by atoms with Gasteiger partial charge >= 0.3 is 6.09 Å². The van der Waals surface area contributed by atoms with Crippen LogP contribution in [0.5, 0.6) is 5.75 Å². The summed E-state index contributed by atoms with van der Waals surface area (Å²) < 4.78 is 5.20. The van der Waals surface area contributed by atoms with Crippen molar-refractivity contribution in [2.45, 2.75) is 13.5 Å². The molecule has 3 aromatic rings. The molecule has 4 heteroatoms. The van der Waals surface area contributed by atoms with Crippen LogP contribution in [0.15, 0.2) is 72.8 Å². The van der Waals surface area contributed by atoms with Crippen molar-refractivity contribution in [2.24, 2.45) is 0 Å². The van der Waals surface area contributed by atoms with E-state index in [-0.39, 0.29) is 12.4 Å². The number of ether oxygens (including phenoxy) is 1. The van der Waals surface area contributed by atoms with Crippen LogP contribution in [0.3, 0.4) is 0 Å². The molecule has 0 spiro atoms. The fourth-order valence-corrected chi connectivity index (χ4v) is 2.55. The quantitative estimate of drug-likeness (QED) is 0.697. The molecule has 0 aliphatic rings. The molecule has 0 atom stereocenters. The van der Waals surface area contributed by atoms with Crippen LogP contribution < -0.4 is 5.32 Å². The molecule has 0 unspecified atom stereocenters. The summed E-state index contributed by atoms with van der Waals surface area (Å²) in [6.07, 6.45) is -0.496. The van der Waals surface area contributed by atoms with Gasteiger partial charge in [0.25, 0.3) is 0 Å². The van der Waals surface area contributed by atoms with E-state index in [4.69, 9.17) is 4.74 Å². The molecule has 0 saturated carbocycles. The zero-order valence-corrected chi connectivity index (χ0v) is 13.9. The van der Waals surface area contributed by atoms with Crippen LogP contribution in [0.2, 0.25) is 0 Å². The van der Waals surface area contributed by atoms with Crippen molar-refractivity contribution < 1.29 is 14.6 Å². The number of nitrogens with one attached hydrogen (secondary N) is 1. The van der Waals surface area contributed by atoms with Gasteiger partial charge < -0.3 is 9.84 Å². The minimum Gasteiger partial charge on any atom is -0.508 e. The highest BCUT2D eigenvalue weighted by Gasteiger charge is 2.05. The monoisotopic (exact) mass is 333 g/mol. The topological polar surface area (TPSA) is 58.6 Å². The number of phenolic OH excluding ortho intramolecular Hbond substituents is 1. The van der Waals surface area contributed by atoms with Crippen LogP contribution in [0.1, 0.15) is 11.1 Å². The van der Waals surface area contributed by atoms with Gasteiger partial charge in [0.05, 0.1) is 0 Å². The van der Waals surface area contributed by atoms with E-state index < -0.39 is 6.09 Å². The second-order valence-corrected chi connectivity index (χ2v) is 5.82. The molecule has 1 amide bonds. The van der Waals surface area contributed by atoms with E-state index in [0.717, 1.165) is 22.3 Å². The van der Waals surface area contributed by atoms with Crippen LogP contribution in [0.25, 0.3) is 11.1 Å². The van der Waals surface area contributed by atoms with Gasteiger partial charge in [-0.05, 0) is 53.4 Å². The maximum absolute atomic E-state index is 11.9. The molecular weight excluding hydrogens is 314 g/mol. The Morgan fingerprint density at radius 2 is 1.68 bits per heavy atom. The largest absolute Gasteiger partial charge is 0.508 e. The Bertz CT molecular complexity index is 838. The van der Waals surface area contributed by atoms with E-state index in [1.165, 1.54) is 0 Å². The van der Waals surface area contributed by atoms with E-state index in [1.54, 1.807) is 24.3 Å². The molecule has 0 bridgehead atoms. The van der Waals surface area contributed by atoms with Crippen molar-refractivity contribution in [2.75, 3.05) is 5.32 Å². The molecule has 0 fully saturated rings. The molecular formula is C21H19NO3. The number of rotatable bonds is 4. The summed E-state index contributed by atoms with van der Waals surface area (Å²) in [7, 11) is 0. The van der Waals surface area contributed by atoms with Gasteiger partial charge in [-0.3, -0.25) is 5.32 Å². The number of benzene rings is 3. The molecule has 0 aliphatic heterocycles. The molecule has 0 radical (unpaired) electrons. The van der Waals surface area contributed by atoms with Crippen molar-refractivity contribution in [1.82, 2.24) is 0 Å². The second-order valence-electron chi connectivity index (χ2n) is 5.82. The summed E-state index contributed by atoms with van der Waals surface area (Å²) in [5.41, 5.74) is 4.46. The van der Waals surface area contributed by atoms with E-state index in [9.17, 15) is 9.90 Å². The molecule has 25 heavy (non-hydrogen) atoms. The number of anilines is 1. The maximum Gasteiger partial charge on any atom is 0.411 e. The van der Waals surface area contributed by atoms with Gasteiger partial charge in [-0.1, -0.05) is 48.5 Å². The first-order chi connectivity index (χ1) is 12.1. The van der Waals surface area contributed by atoms with Crippen molar-refractivity contribution in [3.8, 4) is 16.9 Å². The zero-order valence-electron chi connectivity index (χ0n) is 13.9. The predicted molar refractivity (Wildman–Crippen MR) is 98.5 cm³/mol. The highest BCUT2D eigenvalue weighted by Crippen LogP contribution is 2.26. The van der Waals surface area contributed by atoms with Gasteiger partial charge in [0.1, 0.15) is 12.4 Å². The normalized spacial score (nSPS) is 10.3. The summed E-state index contributed by atoms with van der Waals surface area (Å²) in [5, 5.41) is 12.4. The highest BCUT2D eigenvalue weighted by molar-refractivity contribution is 5.85. The summed E-state index contributed by atoms with van der Waals surface area (Å²) >= 11 is 0. The van der Waals surface area contributed by atoms with Crippen molar-refractivity contribution >= 4 is 11.8 Å². The molecule has 3 rings (SSSR count). The summed E-state index contributed by atoms with van der Waals surface area (Å²) in [5.74, 6) is 0.238. The molecule has 3 aromatic carbocycles. The average molecular weight is 333 g/mol. The average Bonchev–Trinajstić information content (AvgIpc) is 2.61. The van der Waals surface area contributed by atoms with Crippen molar-refractivity contribution in [3.05, 3.63) is 83.9 Å². The molecule has 2 N–H and O–H groups in total. The predicted octanol–water partition coefficient (Wildman–Crippen LogP) is 5.12. The third-order valence-electron chi connectivity index (χ3n) is 3.74. The van der Waals surface area contributed by atoms with E-state index in [2.05, 4.69) is 5.32 Å². The van der Waals surface area contributed by atoms with E-state index in [1.807, 2.05) is 55.5 Å². The smallest absolute Gasteiger partial charge is 0.411 e. The molecule has 0 aromatic heterocycles. The lowest BCUT2D eigenvalue weighted by molar-refractivity contribution is 0.155. The lowest BCUT2D eigenvalue weighted by atomic mass is 10.0. The Balaban J connectivity index is 1.61. The number of hydrogen-bond donors (Lipinski definition) is 2. The summed E-state index contributed by atoms with van der Waals surface area (Å²) in [4.78, 5) is 11.9. The molecule has 0 saturated heterocycles. The van der Waals surface area contributed by atoms with Crippen molar-refractivity contribution in [3.63, 3.8) is 0 Å². The summed E-state index contributed by atoms with van der Waals surface area (Å²) in [6, 6.07) is 22.3. The zero-order chi connectivity index (χ0) is 17.6. The Kier molecular flexibility index (Phi) is 5.00. The van der Waals surface area contributed by atoms with Gasteiger partial charge in [-0.25, -0.2) is 4.79 Å². The van der Waals surface area contributed by atoms with Gasteiger partial charge in [-0.15, -0.1) is 0 Å². The first-order valence-electron chi connectivity index (χ1n) is 7.99. The lowest BCUT2D eigenvalue weighted by Crippen LogP contribution is -2.13. The molecule has 4 nitrogen and oxygen atoms in total. The van der Waals surface area contributed by atoms with Gasteiger partial charge in [0.15, 0.2) is 0 Å². The Morgan fingerprint density at radius 1 is 0.960 bits per heavy atom.